The first kappa shape index (κ1) is 12.5. The number of sulfonamides is 1. The summed E-state index contributed by atoms with van der Waals surface area (Å²) in [6, 6.07) is 6.94. The van der Waals surface area contributed by atoms with E-state index >= 15 is 0 Å². The van der Waals surface area contributed by atoms with Crippen LogP contribution in [-0.2, 0) is 16.6 Å². The number of primary sulfonamides is 1. The van der Waals surface area contributed by atoms with Crippen molar-refractivity contribution in [3.8, 4) is 0 Å². The van der Waals surface area contributed by atoms with E-state index in [1.807, 2.05) is 0 Å². The molecule has 1 fully saturated rings. The Bertz CT molecular complexity index is 484. The highest BCUT2D eigenvalue weighted by molar-refractivity contribution is 7.89. The molecule has 0 amide bonds. The predicted molar refractivity (Wildman–Crippen MR) is 65.7 cm³/mol. The van der Waals surface area contributed by atoms with E-state index in [0.717, 1.165) is 31.6 Å². The second-order valence-electron chi connectivity index (χ2n) is 4.47. The standard InChI is InChI=1S/C11H17N3O2S/c12-10-5-6-14(8-10)7-9-1-3-11(4-2-9)17(13,15)16/h1-4,10H,5-8,12H2,(H2,13,15,16). The summed E-state index contributed by atoms with van der Waals surface area (Å²) in [6.07, 6.45) is 1.02. The lowest BCUT2D eigenvalue weighted by molar-refractivity contribution is 0.327. The van der Waals surface area contributed by atoms with Gasteiger partial charge < -0.3 is 5.73 Å². The minimum Gasteiger partial charge on any atom is -0.326 e. The summed E-state index contributed by atoms with van der Waals surface area (Å²) in [6.45, 7) is 2.70. The molecule has 0 aromatic heterocycles. The van der Waals surface area contributed by atoms with Gasteiger partial charge in [0.2, 0.25) is 10.0 Å². The summed E-state index contributed by atoms with van der Waals surface area (Å²) in [5.74, 6) is 0. The largest absolute Gasteiger partial charge is 0.326 e. The van der Waals surface area contributed by atoms with Gasteiger partial charge in [0.05, 0.1) is 4.90 Å². The molecule has 1 heterocycles. The molecule has 17 heavy (non-hydrogen) atoms. The summed E-state index contributed by atoms with van der Waals surface area (Å²) in [5, 5.41) is 5.03. The van der Waals surface area contributed by atoms with Crippen LogP contribution in [0.5, 0.6) is 0 Å². The molecule has 1 unspecified atom stereocenters. The van der Waals surface area contributed by atoms with Crippen molar-refractivity contribution in [2.24, 2.45) is 10.9 Å². The predicted octanol–water partition coefficient (Wildman–Crippen LogP) is -0.133. The summed E-state index contributed by atoms with van der Waals surface area (Å²) in [7, 11) is -3.59. The molecule has 0 radical (unpaired) electrons. The second-order valence-corrected chi connectivity index (χ2v) is 6.03. The smallest absolute Gasteiger partial charge is 0.238 e. The molecule has 1 aliphatic rings. The van der Waals surface area contributed by atoms with Gasteiger partial charge in [-0.25, -0.2) is 13.6 Å². The molecule has 1 atom stereocenters. The van der Waals surface area contributed by atoms with Gasteiger partial charge in [-0.2, -0.15) is 0 Å². The first-order chi connectivity index (χ1) is 7.95. The van der Waals surface area contributed by atoms with Crippen molar-refractivity contribution < 1.29 is 8.42 Å². The van der Waals surface area contributed by atoms with E-state index in [9.17, 15) is 8.42 Å². The highest BCUT2D eigenvalue weighted by Crippen LogP contribution is 2.14. The third kappa shape index (κ3) is 3.26. The van der Waals surface area contributed by atoms with E-state index in [2.05, 4.69) is 4.90 Å². The Morgan fingerprint density at radius 1 is 1.29 bits per heavy atom. The van der Waals surface area contributed by atoms with Gasteiger partial charge in [0.1, 0.15) is 0 Å². The molecule has 1 saturated heterocycles. The summed E-state index contributed by atoms with van der Waals surface area (Å²) >= 11 is 0. The zero-order valence-electron chi connectivity index (χ0n) is 9.54. The van der Waals surface area contributed by atoms with Gasteiger partial charge in [0.25, 0.3) is 0 Å². The Morgan fingerprint density at radius 3 is 2.41 bits per heavy atom. The average Bonchev–Trinajstić information content (AvgIpc) is 2.63. The Labute approximate surface area is 101 Å². The maximum atomic E-state index is 11.1. The minimum atomic E-state index is -3.59. The van der Waals surface area contributed by atoms with Crippen LogP contribution in [0.2, 0.25) is 0 Å². The summed E-state index contributed by atoms with van der Waals surface area (Å²) in [4.78, 5) is 2.41. The maximum absolute atomic E-state index is 11.1. The van der Waals surface area contributed by atoms with Gasteiger partial charge in [-0.15, -0.1) is 0 Å². The van der Waals surface area contributed by atoms with Gasteiger partial charge >= 0.3 is 0 Å². The van der Waals surface area contributed by atoms with Gasteiger partial charge in [0, 0.05) is 25.7 Å². The van der Waals surface area contributed by atoms with Crippen molar-refractivity contribution in [1.29, 1.82) is 0 Å². The fraction of sp³-hybridized carbons (Fsp3) is 0.455. The number of nitrogens with two attached hydrogens (primary N) is 2. The summed E-state index contributed by atoms with van der Waals surface area (Å²) in [5.41, 5.74) is 6.90. The average molecular weight is 255 g/mol. The van der Waals surface area contributed by atoms with Crippen LogP contribution in [0.1, 0.15) is 12.0 Å². The number of nitrogens with zero attached hydrogens (tertiary/aromatic N) is 1. The molecule has 1 aliphatic heterocycles. The highest BCUT2D eigenvalue weighted by atomic mass is 32.2. The fourth-order valence-electron chi connectivity index (χ4n) is 2.05. The van der Waals surface area contributed by atoms with Crippen LogP contribution in [0.3, 0.4) is 0 Å². The molecule has 0 bridgehead atoms. The lowest BCUT2D eigenvalue weighted by atomic mass is 10.2. The maximum Gasteiger partial charge on any atom is 0.238 e. The molecule has 0 aliphatic carbocycles. The van der Waals surface area contributed by atoms with Gasteiger partial charge in [-0.05, 0) is 24.1 Å². The van der Waals surface area contributed by atoms with Crippen LogP contribution >= 0.6 is 0 Å². The van der Waals surface area contributed by atoms with E-state index in [0.29, 0.717) is 0 Å². The fourth-order valence-corrected chi connectivity index (χ4v) is 2.56. The molecule has 2 rings (SSSR count). The molecule has 5 nitrogen and oxygen atoms in total. The monoisotopic (exact) mass is 255 g/mol. The van der Waals surface area contributed by atoms with E-state index in [1.54, 1.807) is 24.3 Å². The van der Waals surface area contributed by atoms with Crippen molar-refractivity contribution >= 4 is 10.0 Å². The van der Waals surface area contributed by atoms with Crippen molar-refractivity contribution in [2.45, 2.75) is 23.9 Å². The lowest BCUT2D eigenvalue weighted by Gasteiger charge is -2.15. The van der Waals surface area contributed by atoms with Gasteiger partial charge in [0.15, 0.2) is 0 Å². The number of hydrogen-bond acceptors (Lipinski definition) is 4. The molecule has 4 N–H and O–H groups in total. The lowest BCUT2D eigenvalue weighted by Crippen LogP contribution is -2.26. The Morgan fingerprint density at radius 2 is 1.94 bits per heavy atom. The molecule has 1 aromatic carbocycles. The normalized spacial score (nSPS) is 21.9. The van der Waals surface area contributed by atoms with Crippen LogP contribution in [0.4, 0.5) is 0 Å². The van der Waals surface area contributed by atoms with Crippen LogP contribution in [-0.4, -0.2) is 32.4 Å². The SMILES string of the molecule is NC1CCN(Cc2ccc(S(N)(=O)=O)cc2)C1. The number of rotatable bonds is 3. The van der Waals surface area contributed by atoms with Gasteiger partial charge in [-0.3, -0.25) is 4.90 Å². The Balaban J connectivity index is 2.04. The third-order valence-electron chi connectivity index (χ3n) is 2.97. The molecular weight excluding hydrogens is 238 g/mol. The van der Waals surface area contributed by atoms with Crippen molar-refractivity contribution in [1.82, 2.24) is 4.90 Å². The minimum absolute atomic E-state index is 0.152. The number of benzene rings is 1. The summed E-state index contributed by atoms with van der Waals surface area (Å²) < 4.78 is 22.2. The zero-order chi connectivity index (χ0) is 12.5. The molecular formula is C11H17N3O2S. The molecule has 0 saturated carbocycles. The highest BCUT2D eigenvalue weighted by Gasteiger charge is 2.18. The topological polar surface area (TPSA) is 89.4 Å². The van der Waals surface area contributed by atoms with Crippen LogP contribution in [0.15, 0.2) is 29.2 Å². The second kappa shape index (κ2) is 4.73. The number of likely N-dealkylation sites (tertiary alicyclic amines) is 1. The van der Waals surface area contributed by atoms with Gasteiger partial charge in [-0.1, -0.05) is 12.1 Å². The Hall–Kier alpha value is -0.950. The Kier molecular flexibility index (Phi) is 3.48. The van der Waals surface area contributed by atoms with Crippen LogP contribution in [0, 0.1) is 0 Å². The van der Waals surface area contributed by atoms with Crippen LogP contribution in [0.25, 0.3) is 0 Å². The van der Waals surface area contributed by atoms with E-state index in [1.165, 1.54) is 0 Å². The van der Waals surface area contributed by atoms with Crippen molar-refractivity contribution in [3.05, 3.63) is 29.8 Å². The molecule has 94 valence electrons. The molecule has 1 aromatic rings. The van der Waals surface area contributed by atoms with E-state index in [4.69, 9.17) is 10.9 Å². The van der Waals surface area contributed by atoms with Crippen LogP contribution < -0.4 is 10.9 Å². The van der Waals surface area contributed by atoms with Crippen molar-refractivity contribution in [3.63, 3.8) is 0 Å². The van der Waals surface area contributed by atoms with E-state index < -0.39 is 10.0 Å². The quantitative estimate of drug-likeness (QED) is 0.787. The van der Waals surface area contributed by atoms with E-state index in [-0.39, 0.29) is 10.9 Å². The zero-order valence-corrected chi connectivity index (χ0v) is 10.4. The molecule has 0 spiro atoms. The number of hydrogen-bond donors (Lipinski definition) is 2. The van der Waals surface area contributed by atoms with Crippen molar-refractivity contribution in [2.75, 3.05) is 13.1 Å². The molecule has 6 heteroatoms. The first-order valence-corrected chi connectivity index (χ1v) is 7.09. The third-order valence-corrected chi connectivity index (χ3v) is 3.90. The first-order valence-electron chi connectivity index (χ1n) is 5.55.